The highest BCUT2D eigenvalue weighted by atomic mass is 79.9. The number of hydrogen-bond donors (Lipinski definition) is 1. The van der Waals surface area contributed by atoms with Gasteiger partial charge >= 0.3 is 0 Å². The van der Waals surface area contributed by atoms with Gasteiger partial charge < -0.3 is 9.84 Å². The summed E-state index contributed by atoms with van der Waals surface area (Å²) in [6, 6.07) is 12.0. The standard InChI is InChI=1S/C20H18BrClFN3O2/c21-16-12-13(4-9-17(16)23)10-11-24-18(27)2-1-3-19-25-20(26-28-19)14-5-7-15(22)8-6-14/h4-9,12H,1-3,10-11H2,(H,24,27). The van der Waals surface area contributed by atoms with Crippen LogP contribution in [0.25, 0.3) is 11.4 Å². The third-order valence-corrected chi connectivity index (χ3v) is 4.94. The highest BCUT2D eigenvalue weighted by molar-refractivity contribution is 9.10. The minimum atomic E-state index is -0.298. The Morgan fingerprint density at radius 3 is 2.71 bits per heavy atom. The second-order valence-electron chi connectivity index (χ2n) is 6.22. The maximum atomic E-state index is 13.2. The first-order valence-corrected chi connectivity index (χ1v) is 9.97. The molecule has 1 heterocycles. The molecule has 28 heavy (non-hydrogen) atoms. The molecule has 0 saturated heterocycles. The summed E-state index contributed by atoms with van der Waals surface area (Å²) in [4.78, 5) is 16.3. The highest BCUT2D eigenvalue weighted by Gasteiger charge is 2.10. The molecule has 5 nitrogen and oxygen atoms in total. The monoisotopic (exact) mass is 465 g/mol. The van der Waals surface area contributed by atoms with Crippen molar-refractivity contribution >= 4 is 33.4 Å². The Bertz CT molecular complexity index is 947. The van der Waals surface area contributed by atoms with Crippen molar-refractivity contribution in [1.29, 1.82) is 0 Å². The molecule has 3 rings (SSSR count). The van der Waals surface area contributed by atoms with E-state index < -0.39 is 0 Å². The fourth-order valence-electron chi connectivity index (χ4n) is 2.60. The zero-order chi connectivity index (χ0) is 19.9. The molecule has 8 heteroatoms. The summed E-state index contributed by atoms with van der Waals surface area (Å²) in [6.07, 6.45) is 2.14. The zero-order valence-electron chi connectivity index (χ0n) is 14.9. The van der Waals surface area contributed by atoms with Crippen LogP contribution in [0.3, 0.4) is 0 Å². The topological polar surface area (TPSA) is 68.0 Å². The molecule has 0 atom stereocenters. The molecule has 2 aromatic carbocycles. The number of aryl methyl sites for hydroxylation is 1. The lowest BCUT2D eigenvalue weighted by molar-refractivity contribution is -0.121. The minimum absolute atomic E-state index is 0.0429. The van der Waals surface area contributed by atoms with E-state index >= 15 is 0 Å². The summed E-state index contributed by atoms with van der Waals surface area (Å²) >= 11 is 9.02. The summed E-state index contributed by atoms with van der Waals surface area (Å²) in [7, 11) is 0. The van der Waals surface area contributed by atoms with Crippen LogP contribution in [-0.2, 0) is 17.6 Å². The summed E-state index contributed by atoms with van der Waals surface area (Å²) in [5, 5.41) is 7.45. The third-order valence-electron chi connectivity index (χ3n) is 4.08. The average molecular weight is 467 g/mol. The van der Waals surface area contributed by atoms with Gasteiger partial charge in [-0.1, -0.05) is 22.8 Å². The van der Waals surface area contributed by atoms with Crippen molar-refractivity contribution in [3.63, 3.8) is 0 Å². The number of nitrogens with one attached hydrogen (secondary N) is 1. The number of nitrogens with zero attached hydrogens (tertiary/aromatic N) is 2. The fraction of sp³-hybridized carbons (Fsp3) is 0.250. The fourth-order valence-corrected chi connectivity index (χ4v) is 3.15. The van der Waals surface area contributed by atoms with E-state index in [0.717, 1.165) is 11.1 Å². The van der Waals surface area contributed by atoms with E-state index in [9.17, 15) is 9.18 Å². The molecular formula is C20H18BrClFN3O2. The van der Waals surface area contributed by atoms with Crippen LogP contribution >= 0.6 is 27.5 Å². The van der Waals surface area contributed by atoms with Gasteiger partial charge in [0, 0.05) is 30.0 Å². The second kappa shape index (κ2) is 9.80. The van der Waals surface area contributed by atoms with Gasteiger partial charge in [-0.2, -0.15) is 4.98 Å². The van der Waals surface area contributed by atoms with E-state index in [2.05, 4.69) is 31.4 Å². The van der Waals surface area contributed by atoms with Gasteiger partial charge in [-0.3, -0.25) is 4.79 Å². The van der Waals surface area contributed by atoms with Crippen LogP contribution in [0.2, 0.25) is 5.02 Å². The summed E-state index contributed by atoms with van der Waals surface area (Å²) in [6.45, 7) is 0.498. The second-order valence-corrected chi connectivity index (χ2v) is 7.51. The Balaban J connectivity index is 1.38. The highest BCUT2D eigenvalue weighted by Crippen LogP contribution is 2.19. The van der Waals surface area contributed by atoms with Crippen LogP contribution in [0.4, 0.5) is 4.39 Å². The molecule has 0 fully saturated rings. The number of carbonyl (C=O) groups is 1. The molecule has 1 N–H and O–H groups in total. The molecule has 1 amide bonds. The Kier molecular flexibility index (Phi) is 7.17. The summed E-state index contributed by atoms with van der Waals surface area (Å²) < 4.78 is 18.9. The van der Waals surface area contributed by atoms with E-state index in [1.807, 2.05) is 12.1 Å². The SMILES string of the molecule is O=C(CCCc1nc(-c2ccc(Cl)cc2)no1)NCCc1ccc(F)c(Br)c1. The molecule has 0 aliphatic heterocycles. The van der Waals surface area contributed by atoms with Gasteiger partial charge in [0.2, 0.25) is 17.6 Å². The average Bonchev–Trinajstić information content (AvgIpc) is 3.14. The Morgan fingerprint density at radius 1 is 1.18 bits per heavy atom. The molecule has 0 unspecified atom stereocenters. The van der Waals surface area contributed by atoms with Crippen LogP contribution < -0.4 is 5.32 Å². The molecular weight excluding hydrogens is 449 g/mol. The molecule has 0 aliphatic rings. The Hall–Kier alpha value is -2.25. The van der Waals surface area contributed by atoms with Gasteiger partial charge in [-0.05, 0) is 70.7 Å². The predicted octanol–water partition coefficient (Wildman–Crippen LogP) is 4.97. The Morgan fingerprint density at radius 2 is 1.96 bits per heavy atom. The summed E-state index contributed by atoms with van der Waals surface area (Å²) in [5.41, 5.74) is 1.78. The first-order chi connectivity index (χ1) is 13.5. The van der Waals surface area contributed by atoms with Gasteiger partial charge in [0.25, 0.3) is 0 Å². The molecule has 146 valence electrons. The van der Waals surface area contributed by atoms with Crippen molar-refractivity contribution in [3.8, 4) is 11.4 Å². The van der Waals surface area contributed by atoms with E-state index in [1.54, 1.807) is 24.3 Å². The smallest absolute Gasteiger partial charge is 0.226 e. The zero-order valence-corrected chi connectivity index (χ0v) is 17.3. The van der Waals surface area contributed by atoms with E-state index in [1.165, 1.54) is 6.07 Å². The van der Waals surface area contributed by atoms with Crippen molar-refractivity contribution in [3.05, 3.63) is 69.2 Å². The lowest BCUT2D eigenvalue weighted by Gasteiger charge is -2.05. The van der Waals surface area contributed by atoms with Gasteiger partial charge in [0.1, 0.15) is 5.82 Å². The van der Waals surface area contributed by atoms with Gasteiger partial charge in [-0.15, -0.1) is 0 Å². The van der Waals surface area contributed by atoms with Crippen molar-refractivity contribution in [2.45, 2.75) is 25.7 Å². The minimum Gasteiger partial charge on any atom is -0.356 e. The van der Waals surface area contributed by atoms with Crippen LogP contribution in [0.1, 0.15) is 24.3 Å². The van der Waals surface area contributed by atoms with E-state index in [0.29, 0.717) is 53.4 Å². The number of carbonyl (C=O) groups excluding carboxylic acids is 1. The maximum absolute atomic E-state index is 13.2. The third kappa shape index (κ3) is 5.87. The Labute approximate surface area is 175 Å². The van der Waals surface area contributed by atoms with Crippen molar-refractivity contribution in [1.82, 2.24) is 15.5 Å². The molecule has 1 aromatic heterocycles. The van der Waals surface area contributed by atoms with E-state index in [-0.39, 0.29) is 11.7 Å². The molecule has 0 radical (unpaired) electrons. The lowest BCUT2D eigenvalue weighted by Crippen LogP contribution is -2.25. The first-order valence-electron chi connectivity index (χ1n) is 8.80. The van der Waals surface area contributed by atoms with Crippen molar-refractivity contribution in [2.24, 2.45) is 0 Å². The molecule has 0 aliphatic carbocycles. The number of aromatic nitrogens is 2. The molecule has 0 saturated carbocycles. The predicted molar refractivity (Wildman–Crippen MR) is 108 cm³/mol. The van der Waals surface area contributed by atoms with Gasteiger partial charge in [0.15, 0.2) is 0 Å². The molecule has 0 spiro atoms. The van der Waals surface area contributed by atoms with Crippen LogP contribution in [0, 0.1) is 5.82 Å². The van der Waals surface area contributed by atoms with Gasteiger partial charge in [-0.25, -0.2) is 4.39 Å². The summed E-state index contributed by atoms with van der Waals surface area (Å²) in [5.74, 6) is 0.655. The van der Waals surface area contributed by atoms with Crippen LogP contribution in [-0.4, -0.2) is 22.6 Å². The number of rotatable bonds is 8. The van der Waals surface area contributed by atoms with Crippen molar-refractivity contribution < 1.29 is 13.7 Å². The normalized spacial score (nSPS) is 10.8. The number of halogens is 3. The van der Waals surface area contributed by atoms with Crippen molar-refractivity contribution in [2.75, 3.05) is 6.54 Å². The van der Waals surface area contributed by atoms with Gasteiger partial charge in [0.05, 0.1) is 4.47 Å². The maximum Gasteiger partial charge on any atom is 0.226 e. The number of benzene rings is 2. The lowest BCUT2D eigenvalue weighted by atomic mass is 10.1. The molecule has 3 aromatic rings. The number of amides is 1. The first kappa shape index (κ1) is 20.5. The number of hydrogen-bond acceptors (Lipinski definition) is 4. The van der Waals surface area contributed by atoms with Crippen LogP contribution in [0.15, 0.2) is 51.5 Å². The quantitative estimate of drug-likeness (QED) is 0.509. The molecule has 0 bridgehead atoms. The van der Waals surface area contributed by atoms with Crippen LogP contribution in [0.5, 0.6) is 0 Å². The largest absolute Gasteiger partial charge is 0.356 e. The van der Waals surface area contributed by atoms with E-state index in [4.69, 9.17) is 16.1 Å².